The summed E-state index contributed by atoms with van der Waals surface area (Å²) in [5, 5.41) is 21.7. The molecule has 0 saturated heterocycles. The summed E-state index contributed by atoms with van der Waals surface area (Å²) < 4.78 is 26.6. The molecule has 3 unspecified atom stereocenters. The Morgan fingerprint density at radius 3 is 1.32 bits per heavy atom. The zero-order valence-corrected chi connectivity index (χ0v) is 32.6. The van der Waals surface area contributed by atoms with Crippen molar-refractivity contribution in [3.63, 3.8) is 0 Å². The van der Waals surface area contributed by atoms with Gasteiger partial charge >= 0.3 is 19.8 Å². The van der Waals surface area contributed by atoms with Crippen LogP contribution in [0.3, 0.4) is 0 Å². The van der Waals surface area contributed by atoms with Gasteiger partial charge in [0.05, 0.1) is 13.2 Å². The molecule has 12 heteroatoms. The quantitative estimate of drug-likeness (QED) is 0.0272. The van der Waals surface area contributed by atoms with Crippen LogP contribution < -0.4 is 5.32 Å². The smallest absolute Gasteiger partial charge is 0.472 e. The summed E-state index contributed by atoms with van der Waals surface area (Å²) in [6.45, 7) is 2.54. The van der Waals surface area contributed by atoms with Crippen LogP contribution in [0.15, 0.2) is 0 Å². The molecule has 0 fully saturated rings. The highest BCUT2D eigenvalue weighted by atomic mass is 31.2. The highest BCUT2D eigenvalue weighted by molar-refractivity contribution is 7.47. The maximum atomic E-state index is 12.3. The third-order valence-corrected chi connectivity index (χ3v) is 9.85. The molecule has 0 aliphatic heterocycles. The van der Waals surface area contributed by atoms with E-state index in [0.717, 1.165) is 38.5 Å². The lowest BCUT2D eigenvalue weighted by atomic mass is 10.0. The lowest BCUT2D eigenvalue weighted by Crippen LogP contribution is -2.43. The van der Waals surface area contributed by atoms with Gasteiger partial charge in [-0.2, -0.15) is 0 Å². The Hall–Kier alpha value is -1.52. The van der Waals surface area contributed by atoms with Crippen molar-refractivity contribution in [3.8, 4) is 0 Å². The highest BCUT2D eigenvalue weighted by Crippen LogP contribution is 2.43. The molecule has 296 valence electrons. The van der Waals surface area contributed by atoms with Crippen molar-refractivity contribution in [2.75, 3.05) is 19.8 Å². The molecule has 0 aromatic heterocycles. The molecule has 0 saturated carbocycles. The molecule has 0 aliphatic carbocycles. The van der Waals surface area contributed by atoms with Gasteiger partial charge in [0.2, 0.25) is 5.91 Å². The minimum atomic E-state index is -4.74. The third-order valence-electron chi connectivity index (χ3n) is 8.90. The van der Waals surface area contributed by atoms with E-state index in [1.807, 2.05) is 0 Å². The summed E-state index contributed by atoms with van der Waals surface area (Å²) in [7, 11) is -4.74. The van der Waals surface area contributed by atoms with E-state index in [-0.39, 0.29) is 12.8 Å². The van der Waals surface area contributed by atoms with Gasteiger partial charge in [-0.3, -0.25) is 18.6 Å². The van der Waals surface area contributed by atoms with Crippen LogP contribution in [0, 0.1) is 0 Å². The van der Waals surface area contributed by atoms with Crippen molar-refractivity contribution >= 4 is 25.7 Å². The van der Waals surface area contributed by atoms with Crippen molar-refractivity contribution in [3.05, 3.63) is 0 Å². The Bertz CT molecular complexity index is 875. The Kier molecular flexibility index (Phi) is 33.5. The number of ether oxygens (including phenoxy) is 1. The first-order valence-corrected chi connectivity index (χ1v) is 21.6. The fraction of sp³-hybridized carbons (Fsp3) is 0.921. The maximum absolute atomic E-state index is 12.3. The molecule has 11 nitrogen and oxygen atoms in total. The van der Waals surface area contributed by atoms with E-state index in [2.05, 4.69) is 19.2 Å². The number of carboxylic acid groups (broad SMARTS) is 1. The van der Waals surface area contributed by atoms with Crippen LogP contribution >= 0.6 is 7.82 Å². The first-order valence-electron chi connectivity index (χ1n) is 20.1. The third kappa shape index (κ3) is 33.6. The number of esters is 1. The van der Waals surface area contributed by atoms with Gasteiger partial charge in [0.1, 0.15) is 12.7 Å². The number of aliphatic hydroxyl groups is 1. The average Bonchev–Trinajstić information content (AvgIpc) is 3.08. The largest absolute Gasteiger partial charge is 0.480 e. The number of unbranched alkanes of at least 4 members (excludes halogenated alkanes) is 24. The van der Waals surface area contributed by atoms with E-state index < -0.39 is 57.6 Å². The summed E-state index contributed by atoms with van der Waals surface area (Å²) in [5.41, 5.74) is 0. The zero-order chi connectivity index (χ0) is 37.1. The topological polar surface area (TPSA) is 169 Å². The van der Waals surface area contributed by atoms with Gasteiger partial charge in [-0.05, 0) is 12.8 Å². The van der Waals surface area contributed by atoms with Gasteiger partial charge in [0, 0.05) is 12.8 Å². The van der Waals surface area contributed by atoms with Gasteiger partial charge in [-0.25, -0.2) is 9.36 Å². The van der Waals surface area contributed by atoms with Crippen molar-refractivity contribution < 1.29 is 47.8 Å². The van der Waals surface area contributed by atoms with Gasteiger partial charge < -0.3 is 25.2 Å². The molecule has 50 heavy (non-hydrogen) atoms. The molecule has 3 atom stereocenters. The van der Waals surface area contributed by atoms with Crippen LogP contribution in [0.5, 0.6) is 0 Å². The molecule has 0 bridgehead atoms. The van der Waals surface area contributed by atoms with Gasteiger partial charge in [0.25, 0.3) is 0 Å². The number of carbonyl (C=O) groups is 3. The Morgan fingerprint density at radius 1 is 0.560 bits per heavy atom. The van der Waals surface area contributed by atoms with Crippen LogP contribution in [0.2, 0.25) is 0 Å². The number of carbonyl (C=O) groups excluding carboxylic acids is 2. The lowest BCUT2D eigenvalue weighted by molar-refractivity contribution is -0.147. The molecule has 0 aromatic rings. The van der Waals surface area contributed by atoms with E-state index in [4.69, 9.17) is 13.8 Å². The summed E-state index contributed by atoms with van der Waals surface area (Å²) >= 11 is 0. The number of phosphoric ester groups is 1. The van der Waals surface area contributed by atoms with Gasteiger partial charge in [-0.1, -0.05) is 168 Å². The molecule has 0 aromatic carbocycles. The number of hydrogen-bond donors (Lipinski definition) is 4. The van der Waals surface area contributed by atoms with Crippen LogP contribution in [0.4, 0.5) is 0 Å². The Morgan fingerprint density at radius 2 is 0.920 bits per heavy atom. The van der Waals surface area contributed by atoms with Crippen molar-refractivity contribution in [2.45, 2.75) is 206 Å². The number of rotatable bonds is 38. The normalized spacial score (nSPS) is 13.8. The van der Waals surface area contributed by atoms with Crippen molar-refractivity contribution in [2.24, 2.45) is 0 Å². The summed E-state index contributed by atoms with van der Waals surface area (Å²) in [4.78, 5) is 45.6. The van der Waals surface area contributed by atoms with E-state index >= 15 is 0 Å². The number of aliphatic carboxylic acids is 1. The molecule has 0 radical (unpaired) electrons. The first kappa shape index (κ1) is 48.5. The molecule has 0 rings (SSSR count). The van der Waals surface area contributed by atoms with Gasteiger partial charge in [-0.15, -0.1) is 0 Å². The maximum Gasteiger partial charge on any atom is 0.472 e. The summed E-state index contributed by atoms with van der Waals surface area (Å²) in [6.07, 6.45) is 30.2. The Labute approximate surface area is 304 Å². The average molecular weight is 736 g/mol. The van der Waals surface area contributed by atoms with Crippen molar-refractivity contribution in [1.82, 2.24) is 5.32 Å². The van der Waals surface area contributed by atoms with Crippen LogP contribution in [-0.4, -0.2) is 64.9 Å². The number of hydrogen-bond acceptors (Lipinski definition) is 8. The Balaban J connectivity index is 3.87. The monoisotopic (exact) mass is 736 g/mol. The SMILES string of the molecule is CCCCCCCCCCCCCCCCCCCCCC(=O)NC(COP(=O)(O)OCC(O)COC(=O)CCCCCCCCC)C(=O)O. The standard InChI is InChI=1S/C38H74NO10P/c1-3-5-7-9-11-12-13-14-15-16-17-18-19-20-21-22-24-25-27-29-36(41)39-35(38(43)44)33-49-50(45,46)48-32-34(40)31-47-37(42)30-28-26-23-10-8-6-4-2/h34-35,40H,3-33H2,1-2H3,(H,39,41)(H,43,44)(H,45,46). The number of nitrogens with one attached hydrogen (secondary N) is 1. The van der Waals surface area contributed by atoms with E-state index in [0.29, 0.717) is 12.8 Å². The number of carboxylic acids is 1. The van der Waals surface area contributed by atoms with E-state index in [9.17, 15) is 34.1 Å². The van der Waals surface area contributed by atoms with E-state index in [1.165, 1.54) is 116 Å². The van der Waals surface area contributed by atoms with Crippen molar-refractivity contribution in [1.29, 1.82) is 0 Å². The first-order chi connectivity index (χ1) is 24.1. The second-order valence-corrected chi connectivity index (χ2v) is 15.3. The molecule has 0 heterocycles. The van der Waals surface area contributed by atoms with Crippen LogP contribution in [0.25, 0.3) is 0 Å². The molecule has 0 spiro atoms. The highest BCUT2D eigenvalue weighted by Gasteiger charge is 2.28. The minimum absolute atomic E-state index is 0.153. The fourth-order valence-corrected chi connectivity index (χ4v) is 6.50. The van der Waals surface area contributed by atoms with Gasteiger partial charge in [0.15, 0.2) is 6.04 Å². The molecule has 1 amide bonds. The predicted octanol–water partition coefficient (Wildman–Crippen LogP) is 9.56. The predicted molar refractivity (Wildman–Crippen MR) is 199 cm³/mol. The zero-order valence-electron chi connectivity index (χ0n) is 31.7. The molecule has 4 N–H and O–H groups in total. The lowest BCUT2D eigenvalue weighted by Gasteiger charge is -2.18. The minimum Gasteiger partial charge on any atom is -0.480 e. The number of phosphoric acid groups is 1. The van der Waals surface area contributed by atoms with Crippen LogP contribution in [-0.2, 0) is 32.7 Å². The van der Waals surface area contributed by atoms with Crippen LogP contribution in [0.1, 0.15) is 194 Å². The number of aliphatic hydroxyl groups excluding tert-OH is 1. The second kappa shape index (κ2) is 34.6. The van der Waals surface area contributed by atoms with E-state index in [1.54, 1.807) is 0 Å². The summed E-state index contributed by atoms with van der Waals surface area (Å²) in [6, 6.07) is -1.54. The summed E-state index contributed by atoms with van der Waals surface area (Å²) in [5.74, 6) is -2.36. The molecular weight excluding hydrogens is 661 g/mol. The molecular formula is C38H74NO10P. The second-order valence-electron chi connectivity index (χ2n) is 13.8. The fourth-order valence-electron chi connectivity index (χ4n) is 5.73. The number of amides is 1. The molecule has 0 aliphatic rings.